The topological polar surface area (TPSA) is 70.6 Å². The van der Waals surface area contributed by atoms with Gasteiger partial charge in [0.25, 0.3) is 0 Å². The normalized spacial score (nSPS) is 17.1. The number of phenols is 1. The lowest BCUT2D eigenvalue weighted by Gasteiger charge is -2.35. The summed E-state index contributed by atoms with van der Waals surface area (Å²) in [5.41, 5.74) is 0.130. The molecule has 0 bridgehead atoms. The number of nitrogens with one attached hydrogen (secondary N) is 2. The predicted molar refractivity (Wildman–Crippen MR) is 80.4 cm³/mol. The smallest absolute Gasteiger partial charge is 0.233 e. The van der Waals surface area contributed by atoms with Crippen LogP contribution in [0.2, 0.25) is 0 Å². The van der Waals surface area contributed by atoms with Crippen molar-refractivity contribution in [3.05, 3.63) is 24.3 Å². The summed E-state index contributed by atoms with van der Waals surface area (Å²) in [7, 11) is 1.62. The fourth-order valence-corrected chi connectivity index (χ4v) is 2.47. The van der Waals surface area contributed by atoms with E-state index in [0.717, 1.165) is 25.9 Å². The molecular weight excluding hydrogens is 280 g/mol. The van der Waals surface area contributed by atoms with Gasteiger partial charge >= 0.3 is 0 Å². The highest BCUT2D eigenvalue weighted by atomic mass is 35.5. The summed E-state index contributed by atoms with van der Waals surface area (Å²) in [6.45, 7) is 2.05. The summed E-state index contributed by atoms with van der Waals surface area (Å²) in [6, 6.07) is 6.58. The molecule has 0 saturated carbocycles. The number of rotatable bonds is 4. The van der Waals surface area contributed by atoms with E-state index in [1.54, 1.807) is 31.4 Å². The molecule has 1 saturated heterocycles. The molecule has 1 fully saturated rings. The summed E-state index contributed by atoms with van der Waals surface area (Å²) in [5.74, 6) is 0.102. The van der Waals surface area contributed by atoms with Gasteiger partial charge in [-0.2, -0.15) is 0 Å². The molecule has 6 heteroatoms. The van der Waals surface area contributed by atoms with Gasteiger partial charge in [0.15, 0.2) is 0 Å². The number of ether oxygens (including phenoxy) is 1. The van der Waals surface area contributed by atoms with Crippen LogP contribution in [0.15, 0.2) is 24.3 Å². The largest absolute Gasteiger partial charge is 0.508 e. The van der Waals surface area contributed by atoms with Gasteiger partial charge in [-0.15, -0.1) is 12.4 Å². The highest BCUT2D eigenvalue weighted by Gasteiger charge is 2.39. The summed E-state index contributed by atoms with van der Waals surface area (Å²) >= 11 is 0. The molecule has 0 aliphatic carbocycles. The van der Waals surface area contributed by atoms with Gasteiger partial charge in [-0.25, -0.2) is 0 Å². The number of halogens is 1. The third kappa shape index (κ3) is 3.85. The number of hydrogen-bond donors (Lipinski definition) is 3. The van der Waals surface area contributed by atoms with Crippen LogP contribution in [0.1, 0.15) is 12.8 Å². The third-order valence-electron chi connectivity index (χ3n) is 3.57. The number of aromatic hydroxyl groups is 1. The molecule has 20 heavy (non-hydrogen) atoms. The summed E-state index contributed by atoms with van der Waals surface area (Å²) in [4.78, 5) is 12.5. The Morgan fingerprint density at radius 2 is 2.15 bits per heavy atom. The van der Waals surface area contributed by atoms with Crippen LogP contribution in [0.25, 0.3) is 0 Å². The fourth-order valence-electron chi connectivity index (χ4n) is 2.47. The van der Waals surface area contributed by atoms with Gasteiger partial charge in [-0.3, -0.25) is 4.79 Å². The molecule has 1 aliphatic rings. The van der Waals surface area contributed by atoms with Crippen LogP contribution in [0.3, 0.4) is 0 Å². The third-order valence-corrected chi connectivity index (χ3v) is 3.57. The number of carbonyl (C=O) groups excluding carboxylic acids is 1. The average molecular weight is 301 g/mol. The van der Waals surface area contributed by atoms with E-state index < -0.39 is 5.41 Å². The molecule has 0 atom stereocenters. The van der Waals surface area contributed by atoms with Crippen molar-refractivity contribution in [1.29, 1.82) is 0 Å². The van der Waals surface area contributed by atoms with E-state index in [0.29, 0.717) is 12.3 Å². The van der Waals surface area contributed by atoms with Crippen LogP contribution in [-0.2, 0) is 9.53 Å². The molecule has 3 N–H and O–H groups in total. The molecule has 1 amide bonds. The second-order valence-corrected chi connectivity index (χ2v) is 4.97. The van der Waals surface area contributed by atoms with E-state index in [-0.39, 0.29) is 24.1 Å². The second kappa shape index (κ2) is 7.47. The van der Waals surface area contributed by atoms with Crippen molar-refractivity contribution in [3.63, 3.8) is 0 Å². The molecule has 1 aromatic rings. The van der Waals surface area contributed by atoms with Crippen molar-refractivity contribution in [2.45, 2.75) is 12.8 Å². The number of anilines is 1. The zero-order chi connectivity index (χ0) is 13.7. The number of phenolic OH excluding ortho intramolecular Hbond substituents is 1. The van der Waals surface area contributed by atoms with Crippen molar-refractivity contribution in [3.8, 4) is 5.75 Å². The number of amides is 1. The van der Waals surface area contributed by atoms with Crippen LogP contribution >= 0.6 is 12.4 Å². The Morgan fingerprint density at radius 3 is 2.75 bits per heavy atom. The van der Waals surface area contributed by atoms with Crippen LogP contribution in [-0.4, -0.2) is 37.8 Å². The molecule has 1 aromatic carbocycles. The van der Waals surface area contributed by atoms with Gasteiger partial charge in [0.05, 0.1) is 12.0 Å². The zero-order valence-electron chi connectivity index (χ0n) is 11.5. The summed E-state index contributed by atoms with van der Waals surface area (Å²) < 4.78 is 5.23. The first-order chi connectivity index (χ1) is 9.16. The van der Waals surface area contributed by atoms with E-state index >= 15 is 0 Å². The lowest BCUT2D eigenvalue weighted by atomic mass is 9.78. The second-order valence-electron chi connectivity index (χ2n) is 4.97. The maximum Gasteiger partial charge on any atom is 0.233 e. The van der Waals surface area contributed by atoms with E-state index in [1.807, 2.05) is 0 Å². The lowest BCUT2D eigenvalue weighted by Crippen LogP contribution is -2.47. The number of benzene rings is 1. The zero-order valence-corrected chi connectivity index (χ0v) is 12.3. The standard InChI is InChI=1S/C14H20N2O3.ClH/c1-19-10-14(5-7-15-8-6-14)13(18)16-11-3-2-4-12(17)9-11;/h2-4,9,15,17H,5-8,10H2,1H3,(H,16,18);1H. The van der Waals surface area contributed by atoms with Gasteiger partial charge in [0, 0.05) is 18.9 Å². The van der Waals surface area contributed by atoms with E-state index in [2.05, 4.69) is 10.6 Å². The highest BCUT2D eigenvalue weighted by Crippen LogP contribution is 2.31. The first-order valence-corrected chi connectivity index (χ1v) is 6.46. The van der Waals surface area contributed by atoms with Crippen molar-refractivity contribution in [2.24, 2.45) is 5.41 Å². The van der Waals surface area contributed by atoms with Crippen LogP contribution < -0.4 is 10.6 Å². The number of carbonyl (C=O) groups is 1. The molecule has 1 heterocycles. The van der Waals surface area contributed by atoms with Gasteiger partial charge in [0.2, 0.25) is 5.91 Å². The molecule has 1 aliphatic heterocycles. The molecule has 112 valence electrons. The van der Waals surface area contributed by atoms with Gasteiger partial charge in [0.1, 0.15) is 5.75 Å². The molecule has 2 rings (SSSR count). The first kappa shape index (κ1) is 16.8. The van der Waals surface area contributed by atoms with Gasteiger partial charge in [-0.1, -0.05) is 6.07 Å². The lowest BCUT2D eigenvalue weighted by molar-refractivity contribution is -0.130. The first-order valence-electron chi connectivity index (χ1n) is 6.46. The van der Waals surface area contributed by atoms with Gasteiger partial charge < -0.3 is 20.5 Å². The van der Waals surface area contributed by atoms with Crippen molar-refractivity contribution in [1.82, 2.24) is 5.32 Å². The Hall–Kier alpha value is -1.30. The van der Waals surface area contributed by atoms with Crippen molar-refractivity contribution in [2.75, 3.05) is 32.1 Å². The molecule has 5 nitrogen and oxygen atoms in total. The average Bonchev–Trinajstić information content (AvgIpc) is 2.40. The molecule has 0 spiro atoms. The Bertz CT molecular complexity index is 442. The Morgan fingerprint density at radius 1 is 1.45 bits per heavy atom. The van der Waals surface area contributed by atoms with E-state index in [4.69, 9.17) is 4.74 Å². The van der Waals surface area contributed by atoms with Crippen LogP contribution in [0, 0.1) is 5.41 Å². The Balaban J connectivity index is 0.00000200. The number of piperidine rings is 1. The van der Waals surface area contributed by atoms with Crippen molar-refractivity contribution < 1.29 is 14.6 Å². The minimum Gasteiger partial charge on any atom is -0.508 e. The minimum atomic E-state index is -0.481. The summed E-state index contributed by atoms with van der Waals surface area (Å²) in [5, 5.41) is 15.5. The molecular formula is C14H21ClN2O3. The van der Waals surface area contributed by atoms with E-state index in [1.165, 1.54) is 0 Å². The minimum absolute atomic E-state index is 0. The van der Waals surface area contributed by atoms with Crippen LogP contribution in [0.4, 0.5) is 5.69 Å². The monoisotopic (exact) mass is 300 g/mol. The molecule has 0 unspecified atom stereocenters. The molecule has 0 radical (unpaired) electrons. The van der Waals surface area contributed by atoms with Crippen LogP contribution in [0.5, 0.6) is 5.75 Å². The number of hydrogen-bond acceptors (Lipinski definition) is 4. The quantitative estimate of drug-likeness (QED) is 0.792. The summed E-state index contributed by atoms with van der Waals surface area (Å²) in [6.07, 6.45) is 1.51. The maximum atomic E-state index is 12.5. The van der Waals surface area contributed by atoms with Gasteiger partial charge in [-0.05, 0) is 38.1 Å². The predicted octanol–water partition coefficient (Wildman–Crippen LogP) is 1.77. The SMILES string of the molecule is COCC1(C(=O)Nc2cccc(O)c2)CCNCC1.Cl. The maximum absolute atomic E-state index is 12.5. The fraction of sp³-hybridized carbons (Fsp3) is 0.500. The molecule has 0 aromatic heterocycles. The highest BCUT2D eigenvalue weighted by molar-refractivity contribution is 5.95. The Kier molecular flexibility index (Phi) is 6.26. The Labute approximate surface area is 125 Å². The number of methoxy groups -OCH3 is 1. The van der Waals surface area contributed by atoms with E-state index in [9.17, 15) is 9.90 Å². The van der Waals surface area contributed by atoms with Crippen molar-refractivity contribution >= 4 is 24.0 Å².